The van der Waals surface area contributed by atoms with Crippen LogP contribution >= 0.6 is 0 Å². The number of carbonyl (C=O) groups excluding carboxylic acids is 1. The van der Waals surface area contributed by atoms with E-state index in [1.54, 1.807) is 32.7 Å². The number of benzene rings is 2. The molecule has 6 heteroatoms. The van der Waals surface area contributed by atoms with Crippen molar-refractivity contribution in [2.75, 3.05) is 19.5 Å². The molecule has 0 saturated heterocycles. The van der Waals surface area contributed by atoms with E-state index in [1.165, 1.54) is 0 Å². The summed E-state index contributed by atoms with van der Waals surface area (Å²) in [4.78, 5) is 16.6. The normalized spacial score (nSPS) is 10.2. The van der Waals surface area contributed by atoms with Gasteiger partial charge in [0.1, 0.15) is 11.5 Å². The van der Waals surface area contributed by atoms with Gasteiger partial charge in [0, 0.05) is 31.0 Å². The molecule has 3 aromatic rings. The fourth-order valence-electron chi connectivity index (χ4n) is 2.73. The number of para-hydroxylation sites is 1. The molecule has 0 unspecified atom stereocenters. The predicted molar refractivity (Wildman–Crippen MR) is 109 cm³/mol. The molecule has 1 amide bonds. The third-order valence-corrected chi connectivity index (χ3v) is 4.29. The number of hydrogen-bond donors (Lipinski definition) is 2. The van der Waals surface area contributed by atoms with Crippen LogP contribution in [0.3, 0.4) is 0 Å². The van der Waals surface area contributed by atoms with Crippen LogP contribution in [0.1, 0.15) is 21.5 Å². The molecule has 6 nitrogen and oxygen atoms in total. The molecule has 1 aromatic heterocycles. The van der Waals surface area contributed by atoms with Crippen LogP contribution < -0.4 is 20.1 Å². The Labute approximate surface area is 164 Å². The lowest BCUT2D eigenvalue weighted by Crippen LogP contribution is -2.23. The molecule has 0 aliphatic carbocycles. The summed E-state index contributed by atoms with van der Waals surface area (Å²) in [6.45, 7) is 1.00. The molecule has 0 aliphatic rings. The minimum Gasteiger partial charge on any atom is -0.497 e. The molecule has 3 rings (SSSR count). The third kappa shape index (κ3) is 5.01. The van der Waals surface area contributed by atoms with Gasteiger partial charge in [0.25, 0.3) is 5.91 Å². The molecule has 2 aromatic carbocycles. The molecule has 0 bridgehead atoms. The summed E-state index contributed by atoms with van der Waals surface area (Å²) in [5.41, 5.74) is 3.29. The second-order valence-electron chi connectivity index (χ2n) is 6.16. The van der Waals surface area contributed by atoms with E-state index in [-0.39, 0.29) is 5.91 Å². The van der Waals surface area contributed by atoms with Crippen molar-refractivity contribution >= 4 is 11.6 Å². The van der Waals surface area contributed by atoms with Crippen molar-refractivity contribution in [1.82, 2.24) is 10.3 Å². The van der Waals surface area contributed by atoms with Crippen LogP contribution in [0.5, 0.6) is 11.5 Å². The smallest absolute Gasteiger partial charge is 0.253 e. The number of rotatable bonds is 8. The lowest BCUT2D eigenvalue weighted by molar-refractivity contribution is 0.0950. The van der Waals surface area contributed by atoms with E-state index in [0.717, 1.165) is 28.3 Å². The van der Waals surface area contributed by atoms with Crippen LogP contribution in [0.4, 0.5) is 5.69 Å². The number of pyridine rings is 1. The van der Waals surface area contributed by atoms with E-state index in [1.807, 2.05) is 48.5 Å². The lowest BCUT2D eigenvalue weighted by Gasteiger charge is -2.11. The first-order chi connectivity index (χ1) is 13.7. The Bertz CT molecular complexity index is 926. The van der Waals surface area contributed by atoms with Crippen LogP contribution in [0.25, 0.3) is 0 Å². The van der Waals surface area contributed by atoms with Gasteiger partial charge < -0.3 is 20.1 Å². The minimum atomic E-state index is -0.177. The van der Waals surface area contributed by atoms with Crippen LogP contribution in [0, 0.1) is 0 Å². The first-order valence-corrected chi connectivity index (χ1v) is 8.91. The maximum atomic E-state index is 12.4. The largest absolute Gasteiger partial charge is 0.497 e. The van der Waals surface area contributed by atoms with Crippen LogP contribution in [-0.4, -0.2) is 25.1 Å². The Kier molecular flexibility index (Phi) is 6.46. The van der Waals surface area contributed by atoms with E-state index in [0.29, 0.717) is 18.7 Å². The van der Waals surface area contributed by atoms with E-state index in [9.17, 15) is 4.79 Å². The highest BCUT2D eigenvalue weighted by atomic mass is 16.5. The van der Waals surface area contributed by atoms with Crippen molar-refractivity contribution in [2.24, 2.45) is 0 Å². The lowest BCUT2D eigenvalue weighted by atomic mass is 10.2. The van der Waals surface area contributed by atoms with Gasteiger partial charge in [0.05, 0.1) is 25.5 Å². The minimum absolute atomic E-state index is 0.177. The SMILES string of the molecule is COc1ccc(CNC(=O)c2cncc(NCc3ccccc3OC)c2)cc1. The molecule has 0 atom stereocenters. The Morgan fingerprint density at radius 2 is 1.75 bits per heavy atom. The van der Waals surface area contributed by atoms with Crippen molar-refractivity contribution in [3.63, 3.8) is 0 Å². The number of aromatic nitrogens is 1. The van der Waals surface area contributed by atoms with Crippen molar-refractivity contribution in [3.05, 3.63) is 83.7 Å². The average molecular weight is 377 g/mol. The van der Waals surface area contributed by atoms with E-state index >= 15 is 0 Å². The number of amides is 1. The van der Waals surface area contributed by atoms with Gasteiger partial charge in [-0.05, 0) is 29.8 Å². The molecular weight excluding hydrogens is 354 g/mol. The zero-order chi connectivity index (χ0) is 19.8. The number of nitrogens with zero attached hydrogens (tertiary/aromatic N) is 1. The molecule has 144 valence electrons. The van der Waals surface area contributed by atoms with Crippen molar-refractivity contribution in [2.45, 2.75) is 13.1 Å². The van der Waals surface area contributed by atoms with E-state index in [4.69, 9.17) is 9.47 Å². The molecule has 0 spiro atoms. The van der Waals surface area contributed by atoms with Crippen molar-refractivity contribution < 1.29 is 14.3 Å². The second-order valence-corrected chi connectivity index (χ2v) is 6.16. The van der Waals surface area contributed by atoms with Crippen LogP contribution in [-0.2, 0) is 13.1 Å². The summed E-state index contributed by atoms with van der Waals surface area (Å²) >= 11 is 0. The summed E-state index contributed by atoms with van der Waals surface area (Å²) in [5.74, 6) is 1.42. The summed E-state index contributed by atoms with van der Waals surface area (Å²) in [7, 11) is 3.27. The molecular formula is C22H23N3O3. The molecule has 0 radical (unpaired) electrons. The average Bonchev–Trinajstić information content (AvgIpc) is 2.76. The van der Waals surface area contributed by atoms with Gasteiger partial charge in [-0.1, -0.05) is 30.3 Å². The molecule has 1 heterocycles. The Morgan fingerprint density at radius 3 is 2.50 bits per heavy atom. The highest BCUT2D eigenvalue weighted by molar-refractivity contribution is 5.94. The van der Waals surface area contributed by atoms with Crippen LogP contribution in [0.2, 0.25) is 0 Å². The molecule has 0 fully saturated rings. The molecule has 28 heavy (non-hydrogen) atoms. The maximum absolute atomic E-state index is 12.4. The zero-order valence-corrected chi connectivity index (χ0v) is 15.9. The zero-order valence-electron chi connectivity index (χ0n) is 15.9. The number of carbonyl (C=O) groups is 1. The molecule has 0 saturated carbocycles. The van der Waals surface area contributed by atoms with Gasteiger partial charge in [-0.25, -0.2) is 0 Å². The van der Waals surface area contributed by atoms with Gasteiger partial charge >= 0.3 is 0 Å². The molecule has 2 N–H and O–H groups in total. The summed E-state index contributed by atoms with van der Waals surface area (Å²) in [6, 6.07) is 17.1. The number of anilines is 1. The highest BCUT2D eigenvalue weighted by Crippen LogP contribution is 2.19. The molecule has 0 aliphatic heterocycles. The fraction of sp³-hybridized carbons (Fsp3) is 0.182. The summed E-state index contributed by atoms with van der Waals surface area (Å²) in [5, 5.41) is 6.19. The topological polar surface area (TPSA) is 72.5 Å². The number of hydrogen-bond acceptors (Lipinski definition) is 5. The quantitative estimate of drug-likeness (QED) is 0.627. The van der Waals surface area contributed by atoms with E-state index < -0.39 is 0 Å². The van der Waals surface area contributed by atoms with Gasteiger partial charge in [0.2, 0.25) is 0 Å². The van der Waals surface area contributed by atoms with Crippen molar-refractivity contribution in [3.8, 4) is 11.5 Å². The first kappa shape index (κ1) is 19.2. The first-order valence-electron chi connectivity index (χ1n) is 8.91. The Balaban J connectivity index is 1.59. The maximum Gasteiger partial charge on any atom is 0.253 e. The predicted octanol–water partition coefficient (Wildman–Crippen LogP) is 3.64. The summed E-state index contributed by atoms with van der Waals surface area (Å²) in [6.07, 6.45) is 3.24. The third-order valence-electron chi connectivity index (χ3n) is 4.29. The number of ether oxygens (including phenoxy) is 2. The number of nitrogens with one attached hydrogen (secondary N) is 2. The highest BCUT2D eigenvalue weighted by Gasteiger charge is 2.08. The monoisotopic (exact) mass is 377 g/mol. The standard InChI is InChI=1S/C22H23N3O3/c1-27-20-9-7-16(8-10-20)12-25-22(26)18-11-19(15-23-13-18)24-14-17-5-3-4-6-21(17)28-2/h3-11,13,15,24H,12,14H2,1-2H3,(H,25,26). The summed E-state index contributed by atoms with van der Waals surface area (Å²) < 4.78 is 10.5. The van der Waals surface area contributed by atoms with Gasteiger partial charge in [0.15, 0.2) is 0 Å². The van der Waals surface area contributed by atoms with Crippen LogP contribution in [0.15, 0.2) is 67.0 Å². The van der Waals surface area contributed by atoms with Gasteiger partial charge in [-0.15, -0.1) is 0 Å². The second kappa shape index (κ2) is 9.41. The fourth-order valence-corrected chi connectivity index (χ4v) is 2.73. The Hall–Kier alpha value is -3.54. The van der Waals surface area contributed by atoms with Gasteiger partial charge in [-0.2, -0.15) is 0 Å². The number of methoxy groups -OCH3 is 2. The van der Waals surface area contributed by atoms with E-state index in [2.05, 4.69) is 15.6 Å². The Morgan fingerprint density at radius 1 is 0.964 bits per heavy atom. The van der Waals surface area contributed by atoms with Gasteiger partial charge in [-0.3, -0.25) is 9.78 Å². The van der Waals surface area contributed by atoms with Crippen molar-refractivity contribution in [1.29, 1.82) is 0 Å².